The van der Waals surface area contributed by atoms with Crippen molar-refractivity contribution in [3.8, 4) is 5.69 Å². The summed E-state index contributed by atoms with van der Waals surface area (Å²) in [5, 5.41) is 13.9. The van der Waals surface area contributed by atoms with Crippen LogP contribution >= 0.6 is 0 Å². The molecule has 0 unspecified atom stereocenters. The van der Waals surface area contributed by atoms with Gasteiger partial charge in [-0.2, -0.15) is 0 Å². The summed E-state index contributed by atoms with van der Waals surface area (Å²) in [6, 6.07) is 10.3. The number of anilines is 1. The van der Waals surface area contributed by atoms with Gasteiger partial charge in [-0.3, -0.25) is 9.69 Å². The molecule has 0 spiro atoms. The first kappa shape index (κ1) is 18.2. The number of aromatic nitrogens is 4. The summed E-state index contributed by atoms with van der Waals surface area (Å²) in [4.78, 5) is 14.7. The molecule has 1 fully saturated rings. The molecule has 9 heteroatoms. The second-order valence-electron chi connectivity index (χ2n) is 6.70. The van der Waals surface area contributed by atoms with Gasteiger partial charge < -0.3 is 5.32 Å². The molecule has 1 aliphatic heterocycles. The molecule has 2 aromatic carbocycles. The van der Waals surface area contributed by atoms with Gasteiger partial charge in [-0.25, -0.2) is 13.5 Å². The van der Waals surface area contributed by atoms with E-state index in [0.717, 1.165) is 18.2 Å². The van der Waals surface area contributed by atoms with E-state index in [4.69, 9.17) is 0 Å². The van der Waals surface area contributed by atoms with Crippen LogP contribution in [0.15, 0.2) is 48.8 Å². The van der Waals surface area contributed by atoms with Gasteiger partial charge in [0.2, 0.25) is 5.91 Å². The number of rotatable bonds is 5. The van der Waals surface area contributed by atoms with Crippen LogP contribution in [0.5, 0.6) is 0 Å². The predicted molar refractivity (Wildman–Crippen MR) is 97.6 cm³/mol. The zero-order valence-corrected chi connectivity index (χ0v) is 14.9. The number of carbonyl (C=O) groups is 1. The van der Waals surface area contributed by atoms with E-state index in [9.17, 15) is 13.6 Å². The number of hydrogen-bond donors (Lipinski definition) is 1. The first-order valence-corrected chi connectivity index (χ1v) is 8.92. The minimum absolute atomic E-state index is 0.150. The summed E-state index contributed by atoms with van der Waals surface area (Å²) >= 11 is 0. The maximum atomic E-state index is 13.4. The van der Waals surface area contributed by atoms with Gasteiger partial charge in [0.25, 0.3) is 0 Å². The Hall–Kier alpha value is -3.20. The minimum atomic E-state index is -0.616. The number of carbonyl (C=O) groups excluding carboxylic acids is 1. The van der Waals surface area contributed by atoms with E-state index in [1.807, 2.05) is 11.0 Å². The van der Waals surface area contributed by atoms with Crippen LogP contribution in [0.1, 0.15) is 18.4 Å². The Morgan fingerprint density at radius 2 is 2.00 bits per heavy atom. The second kappa shape index (κ2) is 7.81. The van der Waals surface area contributed by atoms with Crippen molar-refractivity contribution in [2.45, 2.75) is 25.4 Å². The quantitative estimate of drug-likeness (QED) is 0.732. The Labute approximate surface area is 160 Å². The van der Waals surface area contributed by atoms with Crippen molar-refractivity contribution < 1.29 is 13.6 Å². The molecule has 1 atom stereocenters. The topological polar surface area (TPSA) is 75.9 Å². The molecule has 4 rings (SSSR count). The van der Waals surface area contributed by atoms with Crippen molar-refractivity contribution in [3.63, 3.8) is 0 Å². The molecule has 3 aromatic rings. The summed E-state index contributed by atoms with van der Waals surface area (Å²) < 4.78 is 28.4. The maximum absolute atomic E-state index is 13.4. The van der Waals surface area contributed by atoms with Crippen LogP contribution in [0.3, 0.4) is 0 Å². The predicted octanol–water partition coefficient (Wildman–Crippen LogP) is 2.54. The van der Waals surface area contributed by atoms with E-state index in [-0.39, 0.29) is 11.9 Å². The third-order valence-electron chi connectivity index (χ3n) is 4.70. The van der Waals surface area contributed by atoms with Gasteiger partial charge >= 0.3 is 0 Å². The third kappa shape index (κ3) is 4.04. The van der Waals surface area contributed by atoms with Crippen LogP contribution in [0.25, 0.3) is 5.69 Å². The summed E-state index contributed by atoms with van der Waals surface area (Å²) in [6.45, 7) is 1.01. The summed E-state index contributed by atoms with van der Waals surface area (Å²) in [6.07, 6.45) is 3.01. The van der Waals surface area contributed by atoms with E-state index in [2.05, 4.69) is 20.8 Å². The zero-order valence-electron chi connectivity index (χ0n) is 14.9. The summed E-state index contributed by atoms with van der Waals surface area (Å²) in [5.41, 5.74) is 1.86. The number of hydrogen-bond acceptors (Lipinski definition) is 5. The van der Waals surface area contributed by atoms with Crippen LogP contribution < -0.4 is 5.32 Å². The van der Waals surface area contributed by atoms with Crippen LogP contribution in [0.2, 0.25) is 0 Å². The van der Waals surface area contributed by atoms with Crippen LogP contribution in [-0.4, -0.2) is 43.6 Å². The molecule has 2 heterocycles. The third-order valence-corrected chi connectivity index (χ3v) is 4.70. The molecular weight excluding hydrogens is 366 g/mol. The molecule has 144 valence electrons. The minimum Gasteiger partial charge on any atom is -0.325 e. The Morgan fingerprint density at radius 1 is 1.18 bits per heavy atom. The van der Waals surface area contributed by atoms with Crippen molar-refractivity contribution in [1.29, 1.82) is 0 Å². The molecule has 0 radical (unpaired) electrons. The number of likely N-dealkylation sites (tertiary alicyclic amines) is 1. The Bertz CT molecular complexity index is 958. The molecule has 1 aromatic heterocycles. The molecule has 28 heavy (non-hydrogen) atoms. The first-order valence-electron chi connectivity index (χ1n) is 8.92. The lowest BCUT2D eigenvalue weighted by atomic mass is 10.1. The van der Waals surface area contributed by atoms with Crippen molar-refractivity contribution in [3.05, 3.63) is 66.0 Å². The van der Waals surface area contributed by atoms with Gasteiger partial charge in [0.05, 0.1) is 11.7 Å². The normalized spacial score (nSPS) is 17.0. The Balaban J connectivity index is 1.46. The number of nitrogens with one attached hydrogen (secondary N) is 1. The molecule has 1 amide bonds. The number of amides is 1. The highest BCUT2D eigenvalue weighted by Crippen LogP contribution is 2.23. The van der Waals surface area contributed by atoms with E-state index >= 15 is 0 Å². The zero-order chi connectivity index (χ0) is 19.5. The smallest absolute Gasteiger partial charge is 0.241 e. The second-order valence-corrected chi connectivity index (χ2v) is 6.70. The number of halogens is 2. The molecule has 7 nitrogen and oxygen atoms in total. The average molecular weight is 384 g/mol. The van der Waals surface area contributed by atoms with Gasteiger partial charge in [-0.15, -0.1) is 5.10 Å². The van der Waals surface area contributed by atoms with Gasteiger partial charge in [-0.05, 0) is 65.7 Å². The Morgan fingerprint density at radius 3 is 2.75 bits per heavy atom. The lowest BCUT2D eigenvalue weighted by Crippen LogP contribution is -2.39. The van der Waals surface area contributed by atoms with Crippen molar-refractivity contribution in [2.24, 2.45) is 0 Å². The Kier molecular flexibility index (Phi) is 5.07. The van der Waals surface area contributed by atoms with Crippen molar-refractivity contribution >= 4 is 11.6 Å². The van der Waals surface area contributed by atoms with E-state index in [0.29, 0.717) is 30.8 Å². The van der Waals surface area contributed by atoms with E-state index in [1.54, 1.807) is 18.2 Å². The molecule has 0 aliphatic carbocycles. The molecule has 1 aliphatic rings. The molecule has 0 saturated carbocycles. The maximum Gasteiger partial charge on any atom is 0.241 e. The summed E-state index contributed by atoms with van der Waals surface area (Å²) in [5.74, 6) is -1.38. The van der Waals surface area contributed by atoms with Crippen LogP contribution in [0, 0.1) is 11.6 Å². The fourth-order valence-corrected chi connectivity index (χ4v) is 3.48. The first-order chi connectivity index (χ1) is 13.6. The summed E-state index contributed by atoms with van der Waals surface area (Å²) in [7, 11) is 0. The molecule has 1 N–H and O–H groups in total. The van der Waals surface area contributed by atoms with Gasteiger partial charge in [0.1, 0.15) is 18.0 Å². The highest BCUT2D eigenvalue weighted by Gasteiger charge is 2.30. The standard InChI is InChI=1S/C19H18F2N6O/c20-14-7-13(8-15(21)9-14)11-26-6-2-5-18(26)19(28)23-16-3-1-4-17(10-16)27-12-22-24-25-27/h1,3-4,7-10,12,18H,2,5-6,11H2,(H,23,28)/t18-/m0/s1. The van der Waals surface area contributed by atoms with E-state index in [1.165, 1.54) is 23.1 Å². The highest BCUT2D eigenvalue weighted by atomic mass is 19.1. The number of benzene rings is 2. The highest BCUT2D eigenvalue weighted by molar-refractivity contribution is 5.95. The fraction of sp³-hybridized carbons (Fsp3) is 0.263. The lowest BCUT2D eigenvalue weighted by molar-refractivity contribution is -0.120. The van der Waals surface area contributed by atoms with Crippen molar-refractivity contribution in [1.82, 2.24) is 25.1 Å². The molecule has 0 bridgehead atoms. The molecule has 1 saturated heterocycles. The SMILES string of the molecule is O=C(Nc1cccc(-n2cnnn2)c1)[C@@H]1CCCN1Cc1cc(F)cc(F)c1. The van der Waals surface area contributed by atoms with Crippen LogP contribution in [0.4, 0.5) is 14.5 Å². The van der Waals surface area contributed by atoms with Crippen LogP contribution in [-0.2, 0) is 11.3 Å². The monoisotopic (exact) mass is 384 g/mol. The van der Waals surface area contributed by atoms with Gasteiger partial charge in [-0.1, -0.05) is 6.07 Å². The number of tetrazole rings is 1. The lowest BCUT2D eigenvalue weighted by Gasteiger charge is -2.24. The fourth-order valence-electron chi connectivity index (χ4n) is 3.48. The number of nitrogens with zero attached hydrogens (tertiary/aromatic N) is 5. The van der Waals surface area contributed by atoms with Crippen molar-refractivity contribution in [2.75, 3.05) is 11.9 Å². The molecular formula is C19H18F2N6O. The largest absolute Gasteiger partial charge is 0.325 e. The van der Waals surface area contributed by atoms with E-state index < -0.39 is 11.6 Å². The van der Waals surface area contributed by atoms with Gasteiger partial charge in [0.15, 0.2) is 0 Å². The van der Waals surface area contributed by atoms with Gasteiger partial charge in [0, 0.05) is 18.3 Å². The average Bonchev–Trinajstić information content (AvgIpc) is 3.33.